The predicted octanol–water partition coefficient (Wildman–Crippen LogP) is 3.25. The molecular formula is C17H24O3. The zero-order valence-electron chi connectivity index (χ0n) is 12.4. The van der Waals surface area contributed by atoms with Crippen LogP contribution in [0.25, 0.3) is 0 Å². The van der Waals surface area contributed by atoms with Gasteiger partial charge in [0.25, 0.3) is 0 Å². The quantitative estimate of drug-likeness (QED) is 0.921. The number of hydrogen-bond donors (Lipinski definition) is 1. The summed E-state index contributed by atoms with van der Waals surface area (Å²) in [7, 11) is 1.73. The molecule has 0 bridgehead atoms. The highest BCUT2D eigenvalue weighted by atomic mass is 16.5. The molecule has 1 aliphatic carbocycles. The van der Waals surface area contributed by atoms with Crippen molar-refractivity contribution in [3.8, 4) is 5.75 Å². The second-order valence-corrected chi connectivity index (χ2v) is 6.32. The summed E-state index contributed by atoms with van der Waals surface area (Å²) in [5.74, 6) is 1.70. The van der Waals surface area contributed by atoms with Crippen LogP contribution in [0, 0.1) is 5.92 Å². The third-order valence-corrected chi connectivity index (χ3v) is 5.05. The van der Waals surface area contributed by atoms with Crippen LogP contribution in [0.2, 0.25) is 0 Å². The van der Waals surface area contributed by atoms with Gasteiger partial charge in [0.15, 0.2) is 0 Å². The Kier molecular flexibility index (Phi) is 3.74. The molecular weight excluding hydrogens is 252 g/mol. The summed E-state index contributed by atoms with van der Waals surface area (Å²) in [5, 5.41) is 10.8. The van der Waals surface area contributed by atoms with E-state index in [1.165, 1.54) is 5.56 Å². The third kappa shape index (κ3) is 2.33. The van der Waals surface area contributed by atoms with Crippen molar-refractivity contribution in [2.45, 2.75) is 50.7 Å². The average molecular weight is 276 g/mol. The Hall–Kier alpha value is -1.06. The number of benzene rings is 1. The lowest BCUT2D eigenvalue weighted by Gasteiger charge is -2.42. The summed E-state index contributed by atoms with van der Waals surface area (Å²) in [4.78, 5) is 0. The van der Waals surface area contributed by atoms with Crippen molar-refractivity contribution < 1.29 is 14.6 Å². The maximum Gasteiger partial charge on any atom is 0.122 e. The molecule has 3 nitrogen and oxygen atoms in total. The molecule has 1 N–H and O–H groups in total. The van der Waals surface area contributed by atoms with Gasteiger partial charge in [-0.05, 0) is 54.9 Å². The maximum atomic E-state index is 10.8. The molecule has 2 aliphatic rings. The average Bonchev–Trinajstić information content (AvgIpc) is 2.95. The lowest BCUT2D eigenvalue weighted by Crippen LogP contribution is -2.41. The van der Waals surface area contributed by atoms with Gasteiger partial charge in [0.05, 0.1) is 12.2 Å². The predicted molar refractivity (Wildman–Crippen MR) is 78.0 cm³/mol. The van der Waals surface area contributed by atoms with Crippen LogP contribution in [0.3, 0.4) is 0 Å². The normalized spacial score (nSPS) is 30.6. The maximum absolute atomic E-state index is 10.8. The summed E-state index contributed by atoms with van der Waals surface area (Å²) >= 11 is 0. The minimum Gasteiger partial charge on any atom is -0.493 e. The van der Waals surface area contributed by atoms with E-state index in [1.807, 2.05) is 12.1 Å². The van der Waals surface area contributed by atoms with Gasteiger partial charge in [0, 0.05) is 13.5 Å². The smallest absolute Gasteiger partial charge is 0.122 e. The van der Waals surface area contributed by atoms with E-state index in [-0.39, 0.29) is 0 Å². The number of aliphatic hydroxyl groups is 1. The molecule has 0 saturated heterocycles. The topological polar surface area (TPSA) is 38.7 Å². The lowest BCUT2D eigenvalue weighted by molar-refractivity contribution is -0.130. The molecule has 1 aromatic rings. The molecule has 1 heterocycles. The highest BCUT2D eigenvalue weighted by molar-refractivity contribution is 5.41. The Labute approximate surface area is 120 Å². The van der Waals surface area contributed by atoms with Crippen molar-refractivity contribution in [1.82, 2.24) is 0 Å². The van der Waals surface area contributed by atoms with Crippen molar-refractivity contribution >= 4 is 0 Å². The number of rotatable bonds is 3. The fraction of sp³-hybridized carbons (Fsp3) is 0.647. The summed E-state index contributed by atoms with van der Waals surface area (Å²) < 4.78 is 11.3. The Morgan fingerprint density at radius 3 is 2.80 bits per heavy atom. The Morgan fingerprint density at radius 1 is 1.35 bits per heavy atom. The summed E-state index contributed by atoms with van der Waals surface area (Å²) in [6.07, 6.45) is 4.50. The Balaban J connectivity index is 1.85. The monoisotopic (exact) mass is 276 g/mol. The Bertz CT molecular complexity index is 475. The minimum atomic E-state index is -0.550. The van der Waals surface area contributed by atoms with Gasteiger partial charge >= 0.3 is 0 Å². The van der Waals surface area contributed by atoms with E-state index >= 15 is 0 Å². The van der Waals surface area contributed by atoms with Crippen LogP contribution in [0.4, 0.5) is 0 Å². The van der Waals surface area contributed by atoms with Gasteiger partial charge in [-0.3, -0.25) is 0 Å². The highest BCUT2D eigenvalue weighted by Gasteiger charge is 2.41. The van der Waals surface area contributed by atoms with Crippen LogP contribution >= 0.6 is 0 Å². The molecule has 1 atom stereocenters. The van der Waals surface area contributed by atoms with Crippen LogP contribution in [0.5, 0.6) is 5.75 Å². The first-order chi connectivity index (χ1) is 9.64. The van der Waals surface area contributed by atoms with E-state index in [1.54, 1.807) is 7.11 Å². The van der Waals surface area contributed by atoms with Crippen molar-refractivity contribution in [3.05, 3.63) is 29.3 Å². The molecule has 20 heavy (non-hydrogen) atoms. The molecule has 1 fully saturated rings. The zero-order valence-corrected chi connectivity index (χ0v) is 12.4. The second kappa shape index (κ2) is 5.38. The summed E-state index contributed by atoms with van der Waals surface area (Å²) in [5.41, 5.74) is 1.75. The van der Waals surface area contributed by atoms with Crippen LogP contribution in [-0.2, 0) is 11.2 Å². The molecule has 3 rings (SSSR count). The number of hydrogen-bond acceptors (Lipinski definition) is 3. The third-order valence-electron chi connectivity index (χ3n) is 5.05. The van der Waals surface area contributed by atoms with Gasteiger partial charge < -0.3 is 14.6 Å². The molecule has 110 valence electrons. The van der Waals surface area contributed by atoms with E-state index in [4.69, 9.17) is 9.47 Å². The molecule has 0 spiro atoms. The van der Waals surface area contributed by atoms with E-state index in [0.29, 0.717) is 0 Å². The van der Waals surface area contributed by atoms with Gasteiger partial charge in [0.1, 0.15) is 11.9 Å². The molecule has 0 aromatic heterocycles. The van der Waals surface area contributed by atoms with E-state index in [9.17, 15) is 5.11 Å². The first kappa shape index (κ1) is 13.9. The fourth-order valence-corrected chi connectivity index (χ4v) is 3.52. The van der Waals surface area contributed by atoms with Gasteiger partial charge in [-0.2, -0.15) is 0 Å². The largest absolute Gasteiger partial charge is 0.493 e. The number of aliphatic hydroxyl groups excluding tert-OH is 1. The summed E-state index contributed by atoms with van der Waals surface area (Å²) in [6, 6.07) is 6.05. The number of ether oxygens (including phenoxy) is 2. The van der Waals surface area contributed by atoms with Gasteiger partial charge in [-0.1, -0.05) is 13.0 Å². The van der Waals surface area contributed by atoms with Crippen LogP contribution in [0.15, 0.2) is 18.2 Å². The number of methoxy groups -OCH3 is 1. The van der Waals surface area contributed by atoms with Crippen molar-refractivity contribution in [3.63, 3.8) is 0 Å². The number of fused-ring (bicyclic) bond motifs is 1. The highest BCUT2D eigenvalue weighted by Crippen LogP contribution is 2.43. The molecule has 1 aliphatic heterocycles. The Morgan fingerprint density at radius 2 is 2.10 bits per heavy atom. The van der Waals surface area contributed by atoms with Crippen molar-refractivity contribution in [2.24, 2.45) is 5.92 Å². The van der Waals surface area contributed by atoms with E-state index in [2.05, 4.69) is 13.0 Å². The van der Waals surface area contributed by atoms with Crippen LogP contribution in [0.1, 0.15) is 49.8 Å². The zero-order chi connectivity index (χ0) is 14.2. The van der Waals surface area contributed by atoms with E-state index < -0.39 is 11.7 Å². The molecule has 0 radical (unpaired) electrons. The molecule has 1 aromatic carbocycles. The first-order valence-corrected chi connectivity index (χ1v) is 7.63. The lowest BCUT2D eigenvalue weighted by atomic mass is 9.74. The van der Waals surface area contributed by atoms with E-state index in [0.717, 1.165) is 55.9 Å². The van der Waals surface area contributed by atoms with Crippen LogP contribution in [-0.4, -0.2) is 24.4 Å². The van der Waals surface area contributed by atoms with Crippen molar-refractivity contribution in [1.29, 1.82) is 0 Å². The second-order valence-electron chi connectivity index (χ2n) is 6.32. The van der Waals surface area contributed by atoms with Gasteiger partial charge in [0.2, 0.25) is 0 Å². The first-order valence-electron chi connectivity index (χ1n) is 7.63. The standard InChI is InChI=1S/C17H24O3/c1-12-5-8-17(19-2,9-6-12)16(18)14-3-4-15-13(11-14)7-10-20-15/h3-4,11-12,16,18H,5-10H2,1-2H3. The van der Waals surface area contributed by atoms with Crippen molar-refractivity contribution in [2.75, 3.05) is 13.7 Å². The fourth-order valence-electron chi connectivity index (χ4n) is 3.52. The van der Waals surface area contributed by atoms with Crippen LogP contribution < -0.4 is 4.74 Å². The molecule has 0 amide bonds. The van der Waals surface area contributed by atoms with Gasteiger partial charge in [-0.15, -0.1) is 0 Å². The molecule has 1 saturated carbocycles. The SMILES string of the molecule is COC1(C(O)c2ccc3c(c2)CCO3)CCC(C)CC1. The van der Waals surface area contributed by atoms with Gasteiger partial charge in [-0.25, -0.2) is 0 Å². The minimum absolute atomic E-state index is 0.416. The molecule has 1 unspecified atom stereocenters. The molecule has 3 heteroatoms. The summed E-state index contributed by atoms with van der Waals surface area (Å²) in [6.45, 7) is 3.03.